The first-order valence-electron chi connectivity index (χ1n) is 13.4. The predicted molar refractivity (Wildman–Crippen MR) is 157 cm³/mol. The summed E-state index contributed by atoms with van der Waals surface area (Å²) in [5.41, 5.74) is 9.22. The molecule has 42 heavy (non-hydrogen) atoms. The minimum atomic E-state index is -0.804. The molecule has 4 aromatic rings. The van der Waals surface area contributed by atoms with E-state index >= 15 is 0 Å². The molecule has 2 aromatic heterocycles. The standard InChI is InChI=1S/C29H29N9O3S/c1-2-11-36(29(41)32-13-19-7-4-3-5-8-19)37-17-25(39)38-22(12-21-14-31-18-33-21)27(40)35(16-24(37)38)15-20-9-6-10-23-26(20)34-28(30)42-23/h1,3-10,14,18,22,24H,11-13,15-17H2,(H2,30,34)(H,31,33)(H,32,41)/t22-,24+/m0/s1. The van der Waals surface area contributed by atoms with Crippen LogP contribution in [0.2, 0.25) is 0 Å². The number of anilines is 1. The van der Waals surface area contributed by atoms with Crippen molar-refractivity contribution in [3.05, 3.63) is 77.9 Å². The van der Waals surface area contributed by atoms with Gasteiger partial charge in [0.2, 0.25) is 11.8 Å². The number of imidazole rings is 1. The Kier molecular flexibility index (Phi) is 7.47. The summed E-state index contributed by atoms with van der Waals surface area (Å²) in [6.45, 7) is 0.594. The number of amides is 4. The third-order valence-corrected chi connectivity index (χ3v) is 8.34. The number of carbonyl (C=O) groups is 3. The molecule has 4 N–H and O–H groups in total. The van der Waals surface area contributed by atoms with Crippen molar-refractivity contribution >= 4 is 44.5 Å². The van der Waals surface area contributed by atoms with Gasteiger partial charge in [0.1, 0.15) is 12.2 Å². The monoisotopic (exact) mass is 583 g/mol. The molecule has 13 heteroatoms. The minimum Gasteiger partial charge on any atom is -0.375 e. The Hall–Kier alpha value is -4.93. The van der Waals surface area contributed by atoms with E-state index in [1.807, 2.05) is 48.5 Å². The van der Waals surface area contributed by atoms with E-state index in [0.29, 0.717) is 11.7 Å². The average Bonchev–Trinajstić information content (AvgIpc) is 3.72. The van der Waals surface area contributed by atoms with Crippen molar-refractivity contribution in [1.29, 1.82) is 0 Å². The lowest BCUT2D eigenvalue weighted by Crippen LogP contribution is -2.66. The number of piperazine rings is 1. The van der Waals surface area contributed by atoms with E-state index in [4.69, 9.17) is 12.2 Å². The molecular weight excluding hydrogens is 554 g/mol. The summed E-state index contributed by atoms with van der Waals surface area (Å²) in [5.74, 6) is 2.08. The Morgan fingerprint density at radius 3 is 2.81 bits per heavy atom. The van der Waals surface area contributed by atoms with E-state index in [9.17, 15) is 14.4 Å². The molecule has 2 aliphatic rings. The SMILES string of the molecule is C#CCN(C(=O)NCc1ccccc1)N1CC(=O)N2[C@@H](Cc3cnc[nH]3)C(=O)N(Cc3cccc4sc(N)nc34)C[C@@H]21. The number of nitrogens with two attached hydrogens (primary N) is 1. The summed E-state index contributed by atoms with van der Waals surface area (Å²) in [7, 11) is 0. The van der Waals surface area contributed by atoms with Gasteiger partial charge in [-0.3, -0.25) is 9.59 Å². The highest BCUT2D eigenvalue weighted by Crippen LogP contribution is 2.32. The number of aromatic nitrogens is 3. The van der Waals surface area contributed by atoms with Crippen LogP contribution in [0.15, 0.2) is 61.1 Å². The van der Waals surface area contributed by atoms with Crippen molar-refractivity contribution in [2.24, 2.45) is 0 Å². The lowest BCUT2D eigenvalue weighted by Gasteiger charge is -2.46. The molecule has 0 aliphatic carbocycles. The molecule has 6 rings (SSSR count). The third kappa shape index (κ3) is 5.25. The maximum atomic E-state index is 14.0. The molecule has 0 spiro atoms. The first kappa shape index (κ1) is 27.3. The lowest BCUT2D eigenvalue weighted by molar-refractivity contribution is -0.157. The zero-order valence-corrected chi connectivity index (χ0v) is 23.5. The maximum absolute atomic E-state index is 14.0. The number of nitrogen functional groups attached to an aromatic ring is 1. The summed E-state index contributed by atoms with van der Waals surface area (Å²) in [6, 6.07) is 14.1. The Bertz CT molecular complexity index is 1650. The number of fused-ring (bicyclic) bond motifs is 2. The van der Waals surface area contributed by atoms with Gasteiger partial charge in [-0.05, 0) is 17.2 Å². The second kappa shape index (κ2) is 11.5. The van der Waals surface area contributed by atoms with Gasteiger partial charge in [0.05, 0.1) is 36.2 Å². The second-order valence-electron chi connectivity index (χ2n) is 10.1. The van der Waals surface area contributed by atoms with Crippen LogP contribution in [0.3, 0.4) is 0 Å². The van der Waals surface area contributed by atoms with Crippen molar-refractivity contribution in [2.45, 2.75) is 31.7 Å². The van der Waals surface area contributed by atoms with Gasteiger partial charge in [0, 0.05) is 31.4 Å². The number of carbonyl (C=O) groups excluding carboxylic acids is 3. The molecule has 2 saturated heterocycles. The molecule has 2 atom stereocenters. The van der Waals surface area contributed by atoms with Gasteiger partial charge in [-0.25, -0.2) is 19.8 Å². The van der Waals surface area contributed by atoms with Crippen LogP contribution in [0, 0.1) is 12.3 Å². The fourth-order valence-corrected chi connectivity index (χ4v) is 6.36. The summed E-state index contributed by atoms with van der Waals surface area (Å²) < 4.78 is 0.929. The van der Waals surface area contributed by atoms with E-state index in [1.165, 1.54) is 22.7 Å². The minimum absolute atomic E-state index is 0.0468. The summed E-state index contributed by atoms with van der Waals surface area (Å²) >= 11 is 1.39. The molecule has 0 unspecified atom stereocenters. The number of benzene rings is 2. The number of rotatable bonds is 8. The highest BCUT2D eigenvalue weighted by atomic mass is 32.1. The Morgan fingerprint density at radius 1 is 1.21 bits per heavy atom. The van der Waals surface area contributed by atoms with E-state index in [2.05, 4.69) is 26.2 Å². The molecule has 4 heterocycles. The molecular formula is C29H29N9O3S. The third-order valence-electron chi connectivity index (χ3n) is 7.49. The van der Waals surface area contributed by atoms with Crippen molar-refractivity contribution in [1.82, 2.24) is 40.1 Å². The summed E-state index contributed by atoms with van der Waals surface area (Å²) in [5, 5.41) is 6.41. The topological polar surface area (TPSA) is 144 Å². The molecule has 2 aromatic carbocycles. The van der Waals surface area contributed by atoms with Crippen LogP contribution in [0.1, 0.15) is 16.8 Å². The normalized spacial score (nSPS) is 18.7. The quantitative estimate of drug-likeness (QED) is 0.268. The molecule has 0 radical (unpaired) electrons. The Balaban J connectivity index is 1.31. The zero-order valence-electron chi connectivity index (χ0n) is 22.6. The van der Waals surface area contributed by atoms with Gasteiger partial charge < -0.3 is 25.8 Å². The highest BCUT2D eigenvalue weighted by Gasteiger charge is 2.52. The maximum Gasteiger partial charge on any atom is 0.333 e. The largest absolute Gasteiger partial charge is 0.375 e. The van der Waals surface area contributed by atoms with Gasteiger partial charge >= 0.3 is 6.03 Å². The van der Waals surface area contributed by atoms with Gasteiger partial charge in [-0.1, -0.05) is 59.7 Å². The van der Waals surface area contributed by atoms with Crippen molar-refractivity contribution in [3.8, 4) is 12.3 Å². The Labute approximate surface area is 246 Å². The van der Waals surface area contributed by atoms with Gasteiger partial charge in [-0.15, -0.1) is 6.42 Å². The van der Waals surface area contributed by atoms with Crippen molar-refractivity contribution < 1.29 is 14.4 Å². The molecule has 12 nitrogen and oxygen atoms in total. The number of H-pyrrole nitrogens is 1. The fourth-order valence-electron chi connectivity index (χ4n) is 5.58. The molecule has 2 aliphatic heterocycles. The number of nitrogens with zero attached hydrogens (tertiary/aromatic N) is 6. The number of terminal acetylenes is 1. The first-order chi connectivity index (χ1) is 20.4. The molecule has 214 valence electrons. The number of para-hydroxylation sites is 1. The summed E-state index contributed by atoms with van der Waals surface area (Å²) in [4.78, 5) is 55.8. The van der Waals surface area contributed by atoms with E-state index in [-0.39, 0.29) is 44.4 Å². The van der Waals surface area contributed by atoms with Crippen LogP contribution >= 0.6 is 11.3 Å². The average molecular weight is 584 g/mol. The van der Waals surface area contributed by atoms with Gasteiger partial charge in [0.25, 0.3) is 0 Å². The van der Waals surface area contributed by atoms with Gasteiger partial charge in [0.15, 0.2) is 5.13 Å². The number of aromatic amines is 1. The van der Waals surface area contributed by atoms with Crippen LogP contribution in [-0.2, 0) is 29.1 Å². The smallest absolute Gasteiger partial charge is 0.333 e. The highest BCUT2D eigenvalue weighted by molar-refractivity contribution is 7.22. The van der Waals surface area contributed by atoms with Crippen LogP contribution in [0.5, 0.6) is 0 Å². The predicted octanol–water partition coefficient (Wildman–Crippen LogP) is 1.79. The van der Waals surface area contributed by atoms with Crippen molar-refractivity contribution in [3.63, 3.8) is 0 Å². The number of thiazole rings is 1. The number of nitrogens with one attached hydrogen (secondary N) is 2. The van der Waals surface area contributed by atoms with Gasteiger partial charge in [-0.2, -0.15) is 5.01 Å². The molecule has 4 amide bonds. The van der Waals surface area contributed by atoms with E-state index in [1.54, 1.807) is 21.0 Å². The van der Waals surface area contributed by atoms with Crippen LogP contribution in [0.25, 0.3) is 10.2 Å². The number of hydrogen-bond acceptors (Lipinski definition) is 8. The molecule has 0 bridgehead atoms. The van der Waals surface area contributed by atoms with Crippen LogP contribution in [-0.4, -0.2) is 84.5 Å². The Morgan fingerprint density at radius 2 is 2.05 bits per heavy atom. The summed E-state index contributed by atoms with van der Waals surface area (Å²) in [6.07, 6.45) is 8.49. The number of hydrazine groups is 1. The first-order valence-corrected chi connectivity index (χ1v) is 14.2. The second-order valence-corrected chi connectivity index (χ2v) is 11.2. The van der Waals surface area contributed by atoms with Crippen LogP contribution in [0.4, 0.5) is 9.93 Å². The van der Waals surface area contributed by atoms with E-state index < -0.39 is 18.2 Å². The molecule has 2 fully saturated rings. The lowest BCUT2D eigenvalue weighted by atomic mass is 10.0. The number of urea groups is 1. The molecule has 0 saturated carbocycles. The fraction of sp³-hybridized carbons (Fsp3) is 0.276. The van der Waals surface area contributed by atoms with Crippen LogP contribution < -0.4 is 11.1 Å². The number of hydrogen-bond donors (Lipinski definition) is 3. The van der Waals surface area contributed by atoms with Crippen molar-refractivity contribution in [2.75, 3.05) is 25.4 Å². The zero-order chi connectivity index (χ0) is 29.2. The van der Waals surface area contributed by atoms with E-state index in [0.717, 1.165) is 27.0 Å².